The quantitative estimate of drug-likeness (QED) is 0.725. The molecule has 124 valence electrons. The van der Waals surface area contributed by atoms with E-state index in [1.54, 1.807) is 23.7 Å². The highest BCUT2D eigenvalue weighted by molar-refractivity contribution is 7.07. The first-order valence-electron chi connectivity index (χ1n) is 8.14. The Morgan fingerprint density at radius 2 is 2.12 bits per heavy atom. The van der Waals surface area contributed by atoms with Crippen molar-refractivity contribution in [2.24, 2.45) is 0 Å². The van der Waals surface area contributed by atoms with E-state index in [1.807, 2.05) is 6.92 Å². The Kier molecular flexibility index (Phi) is 4.36. The molecular formula is C17H19N5OS. The first-order valence-corrected chi connectivity index (χ1v) is 9.08. The second kappa shape index (κ2) is 6.78. The van der Waals surface area contributed by atoms with Crippen LogP contribution in [0.25, 0.3) is 11.6 Å². The molecule has 1 saturated heterocycles. The molecule has 0 spiro atoms. The van der Waals surface area contributed by atoms with Gasteiger partial charge in [-0.1, -0.05) is 5.16 Å². The fourth-order valence-electron chi connectivity index (χ4n) is 3.00. The number of hydrogen-bond donors (Lipinski definition) is 0. The maximum absolute atomic E-state index is 5.38. The maximum Gasteiger partial charge on any atom is 0.278 e. The number of nitrogens with zero attached hydrogens (tertiary/aromatic N) is 5. The van der Waals surface area contributed by atoms with Gasteiger partial charge in [0, 0.05) is 18.7 Å². The molecule has 0 amide bonds. The van der Waals surface area contributed by atoms with Crippen molar-refractivity contribution >= 4 is 11.3 Å². The molecule has 1 aliphatic rings. The van der Waals surface area contributed by atoms with Crippen LogP contribution in [0.3, 0.4) is 0 Å². The number of likely N-dealkylation sites (tertiary alicyclic amines) is 1. The van der Waals surface area contributed by atoms with Gasteiger partial charge in [-0.3, -0.25) is 9.88 Å². The molecule has 24 heavy (non-hydrogen) atoms. The molecule has 0 aromatic carbocycles. The highest BCUT2D eigenvalue weighted by Crippen LogP contribution is 2.28. The summed E-state index contributed by atoms with van der Waals surface area (Å²) in [7, 11) is 0. The second-order valence-electron chi connectivity index (χ2n) is 6.18. The van der Waals surface area contributed by atoms with Gasteiger partial charge >= 0.3 is 0 Å². The van der Waals surface area contributed by atoms with Crippen LogP contribution in [0.5, 0.6) is 0 Å². The van der Waals surface area contributed by atoms with Gasteiger partial charge in [-0.15, -0.1) is 0 Å². The smallest absolute Gasteiger partial charge is 0.278 e. The maximum atomic E-state index is 5.38. The second-order valence-corrected chi connectivity index (χ2v) is 6.96. The standard InChI is InChI=1S/C17H19N5OS/c1-12-8-19-15(9-18-12)17-20-16(21-23-17)14-2-5-22(6-3-14)10-13-4-7-24-11-13/h4,7-9,11,14H,2-3,5-6,10H2,1H3. The summed E-state index contributed by atoms with van der Waals surface area (Å²) in [6.07, 6.45) is 5.50. The predicted octanol–water partition coefficient (Wildman–Crippen LogP) is 3.28. The zero-order valence-electron chi connectivity index (χ0n) is 13.6. The Morgan fingerprint density at radius 1 is 1.25 bits per heavy atom. The average molecular weight is 341 g/mol. The Balaban J connectivity index is 1.38. The van der Waals surface area contributed by atoms with Crippen molar-refractivity contribution in [3.8, 4) is 11.6 Å². The lowest BCUT2D eigenvalue weighted by molar-refractivity contribution is 0.200. The Hall–Kier alpha value is -2.12. The molecule has 1 aliphatic heterocycles. The van der Waals surface area contributed by atoms with Crippen LogP contribution in [0.1, 0.15) is 35.8 Å². The molecule has 4 heterocycles. The summed E-state index contributed by atoms with van der Waals surface area (Å²) in [4.78, 5) is 15.5. The number of hydrogen-bond acceptors (Lipinski definition) is 7. The van der Waals surface area contributed by atoms with Crippen molar-refractivity contribution in [1.82, 2.24) is 25.0 Å². The van der Waals surface area contributed by atoms with Crippen molar-refractivity contribution in [1.29, 1.82) is 0 Å². The Morgan fingerprint density at radius 3 is 2.83 bits per heavy atom. The first-order chi connectivity index (χ1) is 11.8. The average Bonchev–Trinajstić information content (AvgIpc) is 3.28. The van der Waals surface area contributed by atoms with Crippen molar-refractivity contribution in [3.63, 3.8) is 0 Å². The van der Waals surface area contributed by atoms with Crippen molar-refractivity contribution in [3.05, 3.63) is 46.3 Å². The molecule has 0 saturated carbocycles. The van der Waals surface area contributed by atoms with Gasteiger partial charge in [-0.2, -0.15) is 16.3 Å². The van der Waals surface area contributed by atoms with Crippen LogP contribution in [0, 0.1) is 6.92 Å². The summed E-state index contributed by atoms with van der Waals surface area (Å²) in [5.74, 6) is 1.61. The van der Waals surface area contributed by atoms with E-state index in [2.05, 4.69) is 41.8 Å². The van der Waals surface area contributed by atoms with Gasteiger partial charge < -0.3 is 4.52 Å². The zero-order valence-corrected chi connectivity index (χ0v) is 14.4. The van der Waals surface area contributed by atoms with Crippen LogP contribution in [-0.4, -0.2) is 38.1 Å². The van der Waals surface area contributed by atoms with Crippen molar-refractivity contribution in [2.75, 3.05) is 13.1 Å². The van der Waals surface area contributed by atoms with E-state index in [0.717, 1.165) is 44.0 Å². The van der Waals surface area contributed by atoms with Crippen LogP contribution >= 0.6 is 11.3 Å². The van der Waals surface area contributed by atoms with E-state index in [9.17, 15) is 0 Å². The van der Waals surface area contributed by atoms with Crippen molar-refractivity contribution < 1.29 is 4.52 Å². The normalized spacial score (nSPS) is 16.5. The molecule has 3 aromatic heterocycles. The molecule has 7 heteroatoms. The molecule has 4 rings (SSSR count). The number of aryl methyl sites for hydroxylation is 1. The molecule has 0 atom stereocenters. The third-order valence-electron chi connectivity index (χ3n) is 4.38. The van der Waals surface area contributed by atoms with Gasteiger partial charge in [-0.05, 0) is 55.2 Å². The van der Waals surface area contributed by atoms with E-state index in [-0.39, 0.29) is 0 Å². The van der Waals surface area contributed by atoms with E-state index in [0.29, 0.717) is 17.5 Å². The molecule has 0 aliphatic carbocycles. The summed E-state index contributed by atoms with van der Waals surface area (Å²) in [5, 5.41) is 8.53. The molecule has 0 bridgehead atoms. The van der Waals surface area contributed by atoms with Gasteiger partial charge in [0.1, 0.15) is 5.69 Å². The lowest BCUT2D eigenvalue weighted by Crippen LogP contribution is -2.32. The predicted molar refractivity (Wildman–Crippen MR) is 91.6 cm³/mol. The highest BCUT2D eigenvalue weighted by Gasteiger charge is 2.25. The molecule has 3 aromatic rings. The minimum atomic E-state index is 0.361. The largest absolute Gasteiger partial charge is 0.332 e. The topological polar surface area (TPSA) is 67.9 Å². The number of piperidine rings is 1. The molecule has 0 unspecified atom stereocenters. The monoisotopic (exact) mass is 341 g/mol. The number of aromatic nitrogens is 4. The summed E-state index contributed by atoms with van der Waals surface area (Å²) >= 11 is 1.76. The van der Waals surface area contributed by atoms with Gasteiger partial charge in [0.25, 0.3) is 5.89 Å². The summed E-state index contributed by atoms with van der Waals surface area (Å²) < 4.78 is 5.38. The first kappa shape index (κ1) is 15.4. The van der Waals surface area contributed by atoms with E-state index in [4.69, 9.17) is 4.52 Å². The lowest BCUT2D eigenvalue weighted by Gasteiger charge is -2.30. The zero-order chi connectivity index (χ0) is 16.4. The van der Waals surface area contributed by atoms with E-state index < -0.39 is 0 Å². The molecular weight excluding hydrogens is 322 g/mol. The Labute approximate surface area is 144 Å². The Bertz CT molecular complexity index is 776. The molecule has 1 fully saturated rings. The lowest BCUT2D eigenvalue weighted by atomic mass is 9.96. The fourth-order valence-corrected chi connectivity index (χ4v) is 3.66. The third-order valence-corrected chi connectivity index (χ3v) is 5.11. The van der Waals surface area contributed by atoms with Crippen LogP contribution in [0.4, 0.5) is 0 Å². The summed E-state index contributed by atoms with van der Waals surface area (Å²) in [6.45, 7) is 5.07. The van der Waals surface area contributed by atoms with Crippen LogP contribution < -0.4 is 0 Å². The summed E-state index contributed by atoms with van der Waals surface area (Å²) in [6, 6.07) is 2.20. The van der Waals surface area contributed by atoms with Crippen LogP contribution in [0.15, 0.2) is 33.7 Å². The van der Waals surface area contributed by atoms with E-state index >= 15 is 0 Å². The van der Waals surface area contributed by atoms with Crippen molar-refractivity contribution in [2.45, 2.75) is 32.2 Å². The van der Waals surface area contributed by atoms with E-state index in [1.165, 1.54) is 5.56 Å². The molecule has 0 radical (unpaired) electrons. The minimum Gasteiger partial charge on any atom is -0.332 e. The van der Waals surface area contributed by atoms with Gasteiger partial charge in [0.05, 0.1) is 11.9 Å². The molecule has 6 nitrogen and oxygen atoms in total. The number of rotatable bonds is 4. The van der Waals surface area contributed by atoms with Gasteiger partial charge in [0.15, 0.2) is 5.82 Å². The SMILES string of the molecule is Cc1cnc(-c2nc(C3CCN(Cc4ccsc4)CC3)no2)cn1. The third kappa shape index (κ3) is 3.37. The van der Waals surface area contributed by atoms with Crippen LogP contribution in [-0.2, 0) is 6.54 Å². The fraction of sp³-hybridized carbons (Fsp3) is 0.412. The number of thiophene rings is 1. The van der Waals surface area contributed by atoms with Crippen LogP contribution in [0.2, 0.25) is 0 Å². The molecule has 0 N–H and O–H groups in total. The highest BCUT2D eigenvalue weighted by atomic mass is 32.1. The van der Waals surface area contributed by atoms with Gasteiger partial charge in [-0.25, -0.2) is 4.98 Å². The van der Waals surface area contributed by atoms with Gasteiger partial charge in [0.2, 0.25) is 0 Å². The summed E-state index contributed by atoms with van der Waals surface area (Å²) in [5.41, 5.74) is 2.91. The minimum absolute atomic E-state index is 0.361.